The second kappa shape index (κ2) is 7.78. The van der Waals surface area contributed by atoms with Crippen LogP contribution in [0.3, 0.4) is 0 Å². The fraction of sp³-hybridized carbons (Fsp3) is 0.550. The lowest BCUT2D eigenvalue weighted by atomic mass is 9.95. The predicted molar refractivity (Wildman–Crippen MR) is 105 cm³/mol. The van der Waals surface area contributed by atoms with E-state index in [1.54, 1.807) is 6.07 Å². The number of aryl methyl sites for hydroxylation is 1. The van der Waals surface area contributed by atoms with Crippen LogP contribution in [0, 0.1) is 23.0 Å². The summed E-state index contributed by atoms with van der Waals surface area (Å²) < 4.78 is 5.44. The van der Waals surface area contributed by atoms with Gasteiger partial charge in [-0.15, -0.1) is 0 Å². The van der Waals surface area contributed by atoms with Gasteiger partial charge >= 0.3 is 0 Å². The number of fused-ring (bicyclic) bond motifs is 1. The molecule has 7 heteroatoms. The maximum atomic E-state index is 11.4. The molecule has 7 nitrogen and oxygen atoms in total. The molecule has 0 aliphatic carbocycles. The third-order valence-corrected chi connectivity index (χ3v) is 5.70. The van der Waals surface area contributed by atoms with E-state index in [4.69, 9.17) is 4.74 Å². The number of rotatable bonds is 4. The van der Waals surface area contributed by atoms with Crippen LogP contribution in [0.25, 0.3) is 10.9 Å². The van der Waals surface area contributed by atoms with Crippen LogP contribution in [0.5, 0.6) is 0 Å². The molecule has 0 spiro atoms. The number of ether oxygens (including phenoxy) is 1. The fourth-order valence-electron chi connectivity index (χ4n) is 4.25. The summed E-state index contributed by atoms with van der Waals surface area (Å²) in [6.45, 7) is 8.80. The van der Waals surface area contributed by atoms with E-state index in [9.17, 15) is 10.1 Å². The lowest BCUT2D eigenvalue weighted by Gasteiger charge is -2.37. The minimum atomic E-state index is -0.340. The number of anilines is 1. The second-order valence-electron chi connectivity index (χ2n) is 7.56. The highest BCUT2D eigenvalue weighted by atomic mass is 16.6. The van der Waals surface area contributed by atoms with Crippen molar-refractivity contribution in [3.63, 3.8) is 0 Å². The van der Waals surface area contributed by atoms with Crippen molar-refractivity contribution >= 4 is 22.3 Å². The van der Waals surface area contributed by atoms with Gasteiger partial charge in [-0.05, 0) is 31.7 Å². The largest absolute Gasteiger partial charge is 0.379 e. The van der Waals surface area contributed by atoms with Gasteiger partial charge < -0.3 is 9.64 Å². The quantitative estimate of drug-likeness (QED) is 0.609. The van der Waals surface area contributed by atoms with Crippen LogP contribution >= 0.6 is 0 Å². The highest BCUT2D eigenvalue weighted by Crippen LogP contribution is 2.34. The Bertz CT molecular complexity index is 827. The summed E-state index contributed by atoms with van der Waals surface area (Å²) in [5.41, 5.74) is 2.47. The van der Waals surface area contributed by atoms with Crippen LogP contribution in [-0.4, -0.2) is 60.7 Å². The van der Waals surface area contributed by atoms with Gasteiger partial charge in [-0.1, -0.05) is 12.1 Å². The summed E-state index contributed by atoms with van der Waals surface area (Å²) in [7, 11) is 0. The van der Waals surface area contributed by atoms with Crippen molar-refractivity contribution in [2.75, 3.05) is 50.8 Å². The maximum absolute atomic E-state index is 11.4. The molecule has 0 atom stereocenters. The average Bonchev–Trinajstić information content (AvgIpc) is 2.68. The predicted octanol–water partition coefficient (Wildman–Crippen LogP) is 3.00. The van der Waals surface area contributed by atoms with Gasteiger partial charge in [-0.3, -0.25) is 15.0 Å². The first-order chi connectivity index (χ1) is 13.1. The molecule has 2 aliphatic rings. The fourth-order valence-corrected chi connectivity index (χ4v) is 4.25. The Kier molecular flexibility index (Phi) is 5.22. The Morgan fingerprint density at radius 2 is 1.96 bits per heavy atom. The second-order valence-corrected chi connectivity index (χ2v) is 7.56. The minimum absolute atomic E-state index is 0.0830. The van der Waals surface area contributed by atoms with Gasteiger partial charge in [-0.25, -0.2) is 4.98 Å². The molecule has 0 saturated carbocycles. The summed E-state index contributed by atoms with van der Waals surface area (Å²) in [5, 5.41) is 12.3. The smallest absolute Gasteiger partial charge is 0.295 e. The number of nitro groups is 1. The minimum Gasteiger partial charge on any atom is -0.379 e. The summed E-state index contributed by atoms with van der Waals surface area (Å²) in [5.74, 6) is 0.711. The van der Waals surface area contributed by atoms with Crippen molar-refractivity contribution < 1.29 is 9.66 Å². The van der Waals surface area contributed by atoms with Crippen molar-refractivity contribution in [1.29, 1.82) is 0 Å². The van der Waals surface area contributed by atoms with E-state index in [1.807, 2.05) is 13.0 Å². The molecule has 2 aromatic rings. The molecular formula is C20H26N4O3. The zero-order valence-corrected chi connectivity index (χ0v) is 15.8. The van der Waals surface area contributed by atoms with E-state index >= 15 is 0 Å². The van der Waals surface area contributed by atoms with Crippen LogP contribution in [0.15, 0.2) is 24.3 Å². The van der Waals surface area contributed by atoms with E-state index < -0.39 is 0 Å². The normalized spacial score (nSPS) is 19.5. The van der Waals surface area contributed by atoms with Gasteiger partial charge in [0.05, 0.1) is 18.1 Å². The number of hydrogen-bond donors (Lipinski definition) is 0. The monoisotopic (exact) mass is 370 g/mol. The first kappa shape index (κ1) is 18.1. The van der Waals surface area contributed by atoms with Gasteiger partial charge in [0.25, 0.3) is 5.69 Å². The van der Waals surface area contributed by atoms with E-state index in [0.29, 0.717) is 11.4 Å². The zero-order chi connectivity index (χ0) is 18.8. The number of non-ortho nitro benzene ring substituents is 1. The number of para-hydroxylation sites is 1. The molecule has 2 aliphatic heterocycles. The molecule has 144 valence electrons. The van der Waals surface area contributed by atoms with E-state index in [0.717, 1.165) is 75.5 Å². The lowest BCUT2D eigenvalue weighted by molar-refractivity contribution is -0.383. The molecule has 4 rings (SSSR count). The highest BCUT2D eigenvalue weighted by Gasteiger charge is 2.25. The van der Waals surface area contributed by atoms with Crippen LogP contribution in [0.4, 0.5) is 11.4 Å². The number of nitrogens with zero attached hydrogens (tertiary/aromatic N) is 4. The molecule has 1 aromatic heterocycles. The number of nitro benzene ring substituents is 1. The molecule has 27 heavy (non-hydrogen) atoms. The van der Waals surface area contributed by atoms with Crippen molar-refractivity contribution in [3.8, 4) is 0 Å². The molecule has 2 saturated heterocycles. The molecule has 0 N–H and O–H groups in total. The Morgan fingerprint density at radius 1 is 1.22 bits per heavy atom. The van der Waals surface area contributed by atoms with Crippen LogP contribution in [0.2, 0.25) is 0 Å². The summed E-state index contributed by atoms with van der Waals surface area (Å²) in [6, 6.07) is 7.30. The number of benzene rings is 1. The molecule has 0 amide bonds. The molecule has 0 unspecified atom stereocenters. The molecular weight excluding hydrogens is 344 g/mol. The highest BCUT2D eigenvalue weighted by molar-refractivity contribution is 5.97. The lowest BCUT2D eigenvalue weighted by Crippen LogP contribution is -2.43. The van der Waals surface area contributed by atoms with Crippen LogP contribution in [-0.2, 0) is 4.74 Å². The first-order valence-corrected chi connectivity index (χ1v) is 9.71. The number of hydrogen-bond acceptors (Lipinski definition) is 6. The van der Waals surface area contributed by atoms with Gasteiger partial charge in [0, 0.05) is 55.6 Å². The molecule has 1 aromatic carbocycles. The summed E-state index contributed by atoms with van der Waals surface area (Å²) >= 11 is 0. The number of piperidine rings is 1. The van der Waals surface area contributed by atoms with Crippen molar-refractivity contribution in [3.05, 3.63) is 40.1 Å². The average molecular weight is 370 g/mol. The van der Waals surface area contributed by atoms with E-state index in [2.05, 4.69) is 20.9 Å². The Morgan fingerprint density at radius 3 is 2.67 bits per heavy atom. The van der Waals surface area contributed by atoms with E-state index in [-0.39, 0.29) is 10.6 Å². The topological polar surface area (TPSA) is 71.7 Å². The van der Waals surface area contributed by atoms with Gasteiger partial charge in [0.2, 0.25) is 0 Å². The number of pyridine rings is 1. The molecule has 3 heterocycles. The molecule has 2 fully saturated rings. The van der Waals surface area contributed by atoms with Crippen molar-refractivity contribution in [2.45, 2.75) is 19.8 Å². The maximum Gasteiger partial charge on any atom is 0.295 e. The molecule has 0 radical (unpaired) electrons. The SMILES string of the molecule is Cc1cc(N2CCC(CN3CCOCC3)CC2)c2cccc([N+](=O)[O-])c2n1. The van der Waals surface area contributed by atoms with Crippen molar-refractivity contribution in [1.82, 2.24) is 9.88 Å². The third kappa shape index (κ3) is 3.89. The standard InChI is InChI=1S/C20H26N4O3/c1-15-13-19(17-3-2-4-18(24(25)26)20(17)21-15)23-7-5-16(6-8-23)14-22-9-11-27-12-10-22/h2-4,13,16H,5-12,14H2,1H3. The summed E-state index contributed by atoms with van der Waals surface area (Å²) in [4.78, 5) is 20.4. The van der Waals surface area contributed by atoms with Gasteiger partial charge in [0.15, 0.2) is 5.52 Å². The van der Waals surface area contributed by atoms with Gasteiger partial charge in [0.1, 0.15) is 0 Å². The Balaban J connectivity index is 1.52. The zero-order valence-electron chi connectivity index (χ0n) is 15.8. The molecule has 0 bridgehead atoms. The van der Waals surface area contributed by atoms with Crippen molar-refractivity contribution in [2.24, 2.45) is 5.92 Å². The number of morpholine rings is 1. The summed E-state index contributed by atoms with van der Waals surface area (Å²) in [6.07, 6.45) is 2.30. The van der Waals surface area contributed by atoms with Crippen LogP contribution in [0.1, 0.15) is 18.5 Å². The first-order valence-electron chi connectivity index (χ1n) is 9.71. The van der Waals surface area contributed by atoms with Gasteiger partial charge in [-0.2, -0.15) is 0 Å². The number of aromatic nitrogens is 1. The Labute approximate surface area is 159 Å². The third-order valence-electron chi connectivity index (χ3n) is 5.70. The van der Waals surface area contributed by atoms with Crippen LogP contribution < -0.4 is 4.90 Å². The van der Waals surface area contributed by atoms with E-state index in [1.165, 1.54) is 6.07 Å². The Hall–Kier alpha value is -2.25.